The number of hydrogen-bond acceptors (Lipinski definition) is 2. The number of fused-ring (bicyclic) bond motifs is 1. The van der Waals surface area contributed by atoms with E-state index in [0.29, 0.717) is 12.6 Å². The normalized spacial score (nSPS) is 20.6. The van der Waals surface area contributed by atoms with E-state index in [4.69, 9.17) is 10.5 Å². The van der Waals surface area contributed by atoms with E-state index in [1.807, 2.05) is 12.1 Å². The van der Waals surface area contributed by atoms with Gasteiger partial charge < -0.3 is 10.5 Å². The van der Waals surface area contributed by atoms with E-state index in [2.05, 4.69) is 13.0 Å². The minimum Gasteiger partial charge on any atom is -0.490 e. The fourth-order valence-electron chi connectivity index (χ4n) is 1.70. The van der Waals surface area contributed by atoms with Crippen molar-refractivity contribution in [3.8, 4) is 5.75 Å². The van der Waals surface area contributed by atoms with Crippen molar-refractivity contribution in [3.05, 3.63) is 29.3 Å². The highest BCUT2D eigenvalue weighted by Gasteiger charge is 2.15. The molecular formula is C11H15NO. The molecule has 1 heterocycles. The lowest BCUT2D eigenvalue weighted by Crippen LogP contribution is -2.19. The number of ether oxygens (including phenoxy) is 1. The minimum absolute atomic E-state index is 0.358. The first-order valence-corrected chi connectivity index (χ1v) is 4.78. The highest BCUT2D eigenvalue weighted by atomic mass is 16.5. The lowest BCUT2D eigenvalue weighted by atomic mass is 10.0. The zero-order chi connectivity index (χ0) is 9.26. The van der Waals surface area contributed by atoms with Crippen molar-refractivity contribution in [3.63, 3.8) is 0 Å². The number of hydrogen-bond donors (Lipinski definition) is 1. The summed E-state index contributed by atoms with van der Waals surface area (Å²) >= 11 is 0. The molecule has 1 unspecified atom stereocenters. The SMILES string of the molecule is CC1CCc2cc(CN)ccc2O1. The summed E-state index contributed by atoms with van der Waals surface area (Å²) < 4.78 is 5.69. The van der Waals surface area contributed by atoms with Gasteiger partial charge in [-0.3, -0.25) is 0 Å². The smallest absolute Gasteiger partial charge is 0.122 e. The number of benzene rings is 1. The molecule has 0 radical (unpaired) electrons. The van der Waals surface area contributed by atoms with Gasteiger partial charge in [0.05, 0.1) is 6.10 Å². The molecule has 2 N–H and O–H groups in total. The molecule has 2 heteroatoms. The van der Waals surface area contributed by atoms with E-state index in [0.717, 1.165) is 18.6 Å². The summed E-state index contributed by atoms with van der Waals surface area (Å²) in [6.07, 6.45) is 2.59. The van der Waals surface area contributed by atoms with E-state index in [1.54, 1.807) is 0 Å². The standard InChI is InChI=1S/C11H15NO/c1-8-2-4-10-6-9(7-12)3-5-11(10)13-8/h3,5-6,8H,2,4,7,12H2,1H3. The van der Waals surface area contributed by atoms with Crippen LogP contribution in [0.25, 0.3) is 0 Å². The molecule has 0 saturated carbocycles. The van der Waals surface area contributed by atoms with E-state index in [9.17, 15) is 0 Å². The number of aryl methyl sites for hydroxylation is 1. The second-order valence-corrected chi connectivity index (χ2v) is 3.61. The summed E-state index contributed by atoms with van der Waals surface area (Å²) in [7, 11) is 0. The quantitative estimate of drug-likeness (QED) is 0.710. The highest BCUT2D eigenvalue weighted by Crippen LogP contribution is 2.28. The molecule has 0 spiro atoms. The van der Waals surface area contributed by atoms with Gasteiger partial charge in [-0.1, -0.05) is 12.1 Å². The Labute approximate surface area is 78.7 Å². The molecule has 1 aliphatic rings. The molecule has 1 aliphatic heterocycles. The summed E-state index contributed by atoms with van der Waals surface area (Å²) in [6, 6.07) is 6.23. The van der Waals surface area contributed by atoms with Crippen LogP contribution in [0.1, 0.15) is 24.5 Å². The van der Waals surface area contributed by atoms with Crippen molar-refractivity contribution in [2.24, 2.45) is 5.73 Å². The Morgan fingerprint density at radius 2 is 2.38 bits per heavy atom. The Morgan fingerprint density at radius 1 is 1.54 bits per heavy atom. The zero-order valence-corrected chi connectivity index (χ0v) is 7.92. The first kappa shape index (κ1) is 8.57. The highest BCUT2D eigenvalue weighted by molar-refractivity contribution is 5.38. The van der Waals surface area contributed by atoms with Crippen LogP contribution in [-0.4, -0.2) is 6.10 Å². The Hall–Kier alpha value is -1.02. The Balaban J connectivity index is 2.31. The van der Waals surface area contributed by atoms with Gasteiger partial charge in [-0.05, 0) is 37.0 Å². The second kappa shape index (κ2) is 3.38. The maximum atomic E-state index is 5.69. The molecule has 0 bridgehead atoms. The van der Waals surface area contributed by atoms with Crippen LogP contribution in [0.5, 0.6) is 5.75 Å². The van der Waals surface area contributed by atoms with Gasteiger partial charge >= 0.3 is 0 Å². The summed E-state index contributed by atoms with van der Waals surface area (Å²) in [5, 5.41) is 0. The van der Waals surface area contributed by atoms with Crippen LogP contribution in [0.3, 0.4) is 0 Å². The Kier molecular flexibility index (Phi) is 2.23. The zero-order valence-electron chi connectivity index (χ0n) is 7.92. The Morgan fingerprint density at radius 3 is 3.15 bits per heavy atom. The van der Waals surface area contributed by atoms with Gasteiger partial charge in [-0.15, -0.1) is 0 Å². The predicted molar refractivity (Wildman–Crippen MR) is 52.7 cm³/mol. The van der Waals surface area contributed by atoms with Crippen molar-refractivity contribution in [1.29, 1.82) is 0 Å². The van der Waals surface area contributed by atoms with Gasteiger partial charge in [-0.2, -0.15) is 0 Å². The van der Waals surface area contributed by atoms with Crippen LogP contribution >= 0.6 is 0 Å². The summed E-state index contributed by atoms with van der Waals surface area (Å²) in [5.74, 6) is 1.04. The van der Waals surface area contributed by atoms with Gasteiger partial charge in [-0.25, -0.2) is 0 Å². The van der Waals surface area contributed by atoms with Crippen LogP contribution in [0.15, 0.2) is 18.2 Å². The van der Waals surface area contributed by atoms with Crippen LogP contribution in [0, 0.1) is 0 Å². The molecule has 1 aromatic rings. The van der Waals surface area contributed by atoms with E-state index >= 15 is 0 Å². The number of rotatable bonds is 1. The third-order valence-corrected chi connectivity index (χ3v) is 2.51. The average Bonchev–Trinajstić information content (AvgIpc) is 2.17. The largest absolute Gasteiger partial charge is 0.490 e. The molecule has 2 nitrogen and oxygen atoms in total. The fourth-order valence-corrected chi connectivity index (χ4v) is 1.70. The molecule has 0 aliphatic carbocycles. The second-order valence-electron chi connectivity index (χ2n) is 3.61. The third kappa shape index (κ3) is 1.68. The van der Waals surface area contributed by atoms with Crippen molar-refractivity contribution < 1.29 is 4.74 Å². The van der Waals surface area contributed by atoms with Gasteiger partial charge in [0.1, 0.15) is 5.75 Å². The fraction of sp³-hybridized carbons (Fsp3) is 0.455. The minimum atomic E-state index is 0.358. The molecule has 13 heavy (non-hydrogen) atoms. The van der Waals surface area contributed by atoms with E-state index < -0.39 is 0 Å². The van der Waals surface area contributed by atoms with Gasteiger partial charge in [0, 0.05) is 6.54 Å². The molecule has 70 valence electrons. The molecule has 1 atom stereocenters. The van der Waals surface area contributed by atoms with Crippen molar-refractivity contribution in [2.75, 3.05) is 0 Å². The molecule has 0 aromatic heterocycles. The van der Waals surface area contributed by atoms with Crippen molar-refractivity contribution >= 4 is 0 Å². The first-order chi connectivity index (χ1) is 6.29. The topological polar surface area (TPSA) is 35.2 Å². The van der Waals surface area contributed by atoms with Crippen LogP contribution in [0.4, 0.5) is 0 Å². The summed E-state index contributed by atoms with van der Waals surface area (Å²) in [4.78, 5) is 0. The maximum Gasteiger partial charge on any atom is 0.122 e. The van der Waals surface area contributed by atoms with Crippen molar-refractivity contribution in [1.82, 2.24) is 0 Å². The Bertz CT molecular complexity index is 309. The molecule has 2 rings (SSSR count). The summed E-state index contributed by atoms with van der Waals surface area (Å²) in [5.41, 5.74) is 8.07. The van der Waals surface area contributed by atoms with Crippen molar-refractivity contribution in [2.45, 2.75) is 32.4 Å². The van der Waals surface area contributed by atoms with Crippen LogP contribution < -0.4 is 10.5 Å². The molecule has 0 amide bonds. The third-order valence-electron chi connectivity index (χ3n) is 2.51. The molecule has 1 aromatic carbocycles. The van der Waals surface area contributed by atoms with Gasteiger partial charge in [0.25, 0.3) is 0 Å². The molecule has 0 saturated heterocycles. The van der Waals surface area contributed by atoms with Crippen LogP contribution in [-0.2, 0) is 13.0 Å². The van der Waals surface area contributed by atoms with E-state index in [-0.39, 0.29) is 0 Å². The lowest BCUT2D eigenvalue weighted by molar-refractivity contribution is 0.192. The van der Waals surface area contributed by atoms with Gasteiger partial charge in [0.15, 0.2) is 0 Å². The lowest BCUT2D eigenvalue weighted by Gasteiger charge is -2.23. The monoisotopic (exact) mass is 177 g/mol. The van der Waals surface area contributed by atoms with Gasteiger partial charge in [0.2, 0.25) is 0 Å². The van der Waals surface area contributed by atoms with Crippen LogP contribution in [0.2, 0.25) is 0 Å². The molecule has 0 fully saturated rings. The predicted octanol–water partition coefficient (Wildman–Crippen LogP) is 1.86. The number of nitrogens with two attached hydrogens (primary N) is 1. The average molecular weight is 177 g/mol. The van der Waals surface area contributed by atoms with E-state index in [1.165, 1.54) is 11.1 Å². The molecular weight excluding hydrogens is 162 g/mol. The first-order valence-electron chi connectivity index (χ1n) is 4.78. The summed E-state index contributed by atoms with van der Waals surface area (Å²) in [6.45, 7) is 2.72. The maximum absolute atomic E-state index is 5.69.